The van der Waals surface area contributed by atoms with Gasteiger partial charge in [-0.05, 0) is 67.6 Å². The van der Waals surface area contributed by atoms with Crippen molar-refractivity contribution in [3.05, 3.63) is 29.3 Å². The lowest BCUT2D eigenvalue weighted by Gasteiger charge is -2.32. The lowest BCUT2D eigenvalue weighted by atomic mass is 9.87. The maximum Gasteiger partial charge on any atom is 0.335 e. The largest absolute Gasteiger partial charge is 0.478 e. The topological polar surface area (TPSA) is 167 Å². The molecule has 10 nitrogen and oxygen atoms in total. The van der Waals surface area contributed by atoms with Gasteiger partial charge in [0.1, 0.15) is 0 Å². The van der Waals surface area contributed by atoms with Gasteiger partial charge in [0.05, 0.1) is 11.1 Å². The van der Waals surface area contributed by atoms with Gasteiger partial charge in [0, 0.05) is 37.5 Å². The molecular weight excluding hydrogens is 574 g/mol. The number of hydrogen-bond donors (Lipinski definition) is 4. The number of carbonyl (C=O) groups excluding carboxylic acids is 3. The van der Waals surface area contributed by atoms with Gasteiger partial charge in [-0.3, -0.25) is 14.4 Å². The van der Waals surface area contributed by atoms with Gasteiger partial charge in [-0.25, -0.2) is 9.59 Å². The average Bonchev–Trinajstić information content (AvgIpc) is 2.98. The first-order valence-electron chi connectivity index (χ1n) is 16.7. The van der Waals surface area contributed by atoms with Crippen molar-refractivity contribution in [3.63, 3.8) is 0 Å². The van der Waals surface area contributed by atoms with E-state index in [1.807, 2.05) is 13.8 Å². The van der Waals surface area contributed by atoms with E-state index in [2.05, 4.69) is 19.2 Å². The van der Waals surface area contributed by atoms with E-state index < -0.39 is 11.9 Å². The van der Waals surface area contributed by atoms with Crippen molar-refractivity contribution in [1.29, 1.82) is 0 Å². The minimum absolute atomic E-state index is 0.0429. The highest BCUT2D eigenvalue weighted by molar-refractivity contribution is 6.00. The van der Waals surface area contributed by atoms with Crippen LogP contribution < -0.4 is 16.0 Å². The molecular formula is C35H55N3O7. The highest BCUT2D eigenvalue weighted by Gasteiger charge is 2.29. The molecule has 1 aliphatic rings. The monoisotopic (exact) mass is 629 g/mol. The molecule has 252 valence electrons. The van der Waals surface area contributed by atoms with Crippen LogP contribution in [0, 0.1) is 29.6 Å². The van der Waals surface area contributed by atoms with Crippen LogP contribution in [0.25, 0.3) is 0 Å². The van der Waals surface area contributed by atoms with Gasteiger partial charge in [0.2, 0.25) is 17.7 Å². The molecule has 1 fully saturated rings. The van der Waals surface area contributed by atoms with Crippen LogP contribution in [0.4, 0.5) is 5.69 Å². The molecule has 2 rings (SSSR count). The SMILES string of the molecule is CC(CCCC(C)CC(N)=O)CNC(=O)CC(C)CCCC(C)CN(C(=O)C1CCCCC1)c1cc(C(=O)O)cc(C(=O)O)c1. The van der Waals surface area contributed by atoms with Crippen LogP contribution in [0.1, 0.15) is 132 Å². The normalized spacial score (nSPS) is 16.3. The number of carboxylic acid groups (broad SMARTS) is 2. The van der Waals surface area contributed by atoms with Gasteiger partial charge in [-0.2, -0.15) is 0 Å². The van der Waals surface area contributed by atoms with Crippen molar-refractivity contribution in [2.45, 2.75) is 111 Å². The molecule has 0 bridgehead atoms. The molecule has 1 aromatic rings. The standard InChI is InChI=1S/C35H55N3O7/c1-23(16-31(36)39)10-8-12-25(3)21-37-32(40)17-24(2)11-9-13-26(4)22-38(33(41)27-14-6-5-7-15-27)30-19-28(34(42)43)18-29(20-30)35(44)45/h18-20,23-27H,5-17,21-22H2,1-4H3,(H2,36,39)(H,37,40)(H,42,43)(H,44,45). The number of benzene rings is 1. The number of nitrogens with zero attached hydrogens (tertiary/aromatic N) is 1. The zero-order chi connectivity index (χ0) is 33.5. The van der Waals surface area contributed by atoms with E-state index in [4.69, 9.17) is 5.73 Å². The Balaban J connectivity index is 1.88. The van der Waals surface area contributed by atoms with Crippen molar-refractivity contribution in [1.82, 2.24) is 5.32 Å². The second-order valence-electron chi connectivity index (χ2n) is 13.6. The van der Waals surface area contributed by atoms with Gasteiger partial charge in [-0.1, -0.05) is 72.6 Å². The number of nitrogens with one attached hydrogen (secondary N) is 1. The van der Waals surface area contributed by atoms with Crippen molar-refractivity contribution in [2.24, 2.45) is 35.3 Å². The Morgan fingerprint density at radius 1 is 0.778 bits per heavy atom. The number of carbonyl (C=O) groups is 5. The first-order valence-corrected chi connectivity index (χ1v) is 16.7. The fourth-order valence-corrected chi connectivity index (χ4v) is 6.27. The highest BCUT2D eigenvalue weighted by Crippen LogP contribution is 2.30. The van der Waals surface area contributed by atoms with Crippen molar-refractivity contribution < 1.29 is 34.2 Å². The van der Waals surface area contributed by atoms with Crippen LogP contribution in [-0.4, -0.2) is 53.0 Å². The summed E-state index contributed by atoms with van der Waals surface area (Å²) in [7, 11) is 0. The van der Waals surface area contributed by atoms with Crippen LogP contribution in [0.5, 0.6) is 0 Å². The van der Waals surface area contributed by atoms with E-state index in [9.17, 15) is 34.2 Å². The van der Waals surface area contributed by atoms with E-state index >= 15 is 0 Å². The molecule has 0 radical (unpaired) electrons. The molecule has 4 atom stereocenters. The Morgan fingerprint density at radius 3 is 1.82 bits per heavy atom. The summed E-state index contributed by atoms with van der Waals surface area (Å²) in [6.07, 6.45) is 10.9. The molecule has 3 amide bonds. The first kappa shape index (κ1) is 37.8. The molecule has 1 saturated carbocycles. The second-order valence-corrected chi connectivity index (χ2v) is 13.6. The van der Waals surface area contributed by atoms with E-state index in [1.54, 1.807) is 4.90 Å². The molecule has 0 saturated heterocycles. The zero-order valence-corrected chi connectivity index (χ0v) is 27.7. The third-order valence-electron chi connectivity index (χ3n) is 8.96. The summed E-state index contributed by atoms with van der Waals surface area (Å²) in [5.74, 6) is -2.00. The molecule has 0 heterocycles. The molecule has 10 heteroatoms. The summed E-state index contributed by atoms with van der Waals surface area (Å²) in [5.41, 5.74) is 5.26. The molecule has 1 aliphatic carbocycles. The summed E-state index contributed by atoms with van der Waals surface area (Å²) in [5, 5.41) is 22.2. The minimum Gasteiger partial charge on any atom is -0.478 e. The Kier molecular flexibility index (Phi) is 16.1. The van der Waals surface area contributed by atoms with Crippen LogP contribution in [-0.2, 0) is 14.4 Å². The maximum atomic E-state index is 13.7. The molecule has 4 unspecified atom stereocenters. The summed E-state index contributed by atoms with van der Waals surface area (Å²) in [6.45, 7) is 9.26. The summed E-state index contributed by atoms with van der Waals surface area (Å²) < 4.78 is 0. The van der Waals surface area contributed by atoms with Crippen LogP contribution in [0.15, 0.2) is 18.2 Å². The quantitative estimate of drug-likeness (QED) is 0.132. The van der Waals surface area contributed by atoms with Crippen molar-refractivity contribution in [2.75, 3.05) is 18.0 Å². The lowest BCUT2D eigenvalue weighted by molar-refractivity contribution is -0.123. The van der Waals surface area contributed by atoms with Crippen molar-refractivity contribution >= 4 is 35.3 Å². The lowest BCUT2D eigenvalue weighted by Crippen LogP contribution is -2.40. The molecule has 0 aromatic heterocycles. The summed E-state index contributed by atoms with van der Waals surface area (Å²) in [4.78, 5) is 62.4. The Hall–Kier alpha value is -3.43. The predicted octanol–water partition coefficient (Wildman–Crippen LogP) is 6.26. The van der Waals surface area contributed by atoms with Crippen LogP contribution in [0.2, 0.25) is 0 Å². The Bertz CT molecular complexity index is 1120. The van der Waals surface area contributed by atoms with Gasteiger partial charge in [0.25, 0.3) is 0 Å². The van der Waals surface area contributed by atoms with E-state index in [0.717, 1.165) is 76.7 Å². The predicted molar refractivity (Wildman–Crippen MR) is 175 cm³/mol. The fraction of sp³-hybridized carbons (Fsp3) is 0.686. The van der Waals surface area contributed by atoms with E-state index in [1.165, 1.54) is 12.1 Å². The second kappa shape index (κ2) is 19.2. The number of amides is 3. The number of aromatic carboxylic acids is 2. The van der Waals surface area contributed by atoms with Crippen LogP contribution >= 0.6 is 0 Å². The van der Waals surface area contributed by atoms with Gasteiger partial charge in [0.15, 0.2) is 0 Å². The number of nitrogens with two attached hydrogens (primary N) is 1. The number of primary amides is 1. The third kappa shape index (κ3) is 14.0. The summed E-state index contributed by atoms with van der Waals surface area (Å²) >= 11 is 0. The average molecular weight is 630 g/mol. The van der Waals surface area contributed by atoms with E-state index in [0.29, 0.717) is 37.5 Å². The van der Waals surface area contributed by atoms with Crippen molar-refractivity contribution in [3.8, 4) is 0 Å². The minimum atomic E-state index is -1.24. The fourth-order valence-electron chi connectivity index (χ4n) is 6.27. The van der Waals surface area contributed by atoms with Crippen LogP contribution in [0.3, 0.4) is 0 Å². The molecule has 5 N–H and O–H groups in total. The number of hydrogen-bond acceptors (Lipinski definition) is 5. The van der Waals surface area contributed by atoms with E-state index in [-0.39, 0.29) is 52.5 Å². The Morgan fingerprint density at radius 2 is 1.29 bits per heavy atom. The Labute approximate surface area is 268 Å². The number of anilines is 1. The molecule has 0 spiro atoms. The number of carboxylic acids is 2. The zero-order valence-electron chi connectivity index (χ0n) is 27.7. The van der Waals surface area contributed by atoms with Gasteiger partial charge < -0.3 is 26.2 Å². The summed E-state index contributed by atoms with van der Waals surface area (Å²) in [6, 6.07) is 3.91. The third-order valence-corrected chi connectivity index (χ3v) is 8.96. The molecule has 45 heavy (non-hydrogen) atoms. The molecule has 0 aliphatic heterocycles. The highest BCUT2D eigenvalue weighted by atomic mass is 16.4. The molecule has 1 aromatic carbocycles. The van der Waals surface area contributed by atoms with Gasteiger partial charge >= 0.3 is 11.9 Å². The first-order chi connectivity index (χ1) is 21.3. The van der Waals surface area contributed by atoms with Gasteiger partial charge in [-0.15, -0.1) is 0 Å². The smallest absolute Gasteiger partial charge is 0.335 e. The number of rotatable bonds is 20. The maximum absolute atomic E-state index is 13.7.